The molecule has 140 valence electrons. The molecule has 0 aliphatic carbocycles. The maximum Gasteiger partial charge on any atom is 0.221 e. The zero-order valence-electron chi connectivity index (χ0n) is 15.2. The van der Waals surface area contributed by atoms with Gasteiger partial charge >= 0.3 is 0 Å². The fraction of sp³-hybridized carbons (Fsp3) is 0.444. The first-order valence-corrected chi connectivity index (χ1v) is 9.17. The van der Waals surface area contributed by atoms with Gasteiger partial charge in [0.25, 0.3) is 0 Å². The maximum absolute atomic E-state index is 12.0. The van der Waals surface area contributed by atoms with E-state index in [2.05, 4.69) is 20.8 Å². The van der Waals surface area contributed by atoms with E-state index in [1.54, 1.807) is 0 Å². The molecule has 3 N–H and O–H groups in total. The number of hydrogen-bond acceptors (Lipinski definition) is 4. The Morgan fingerprint density at radius 3 is 2.46 bits per heavy atom. The molecule has 0 saturated carbocycles. The number of aromatic amines is 1. The maximum atomic E-state index is 12.0. The molecule has 2 aromatic rings. The molecule has 7 nitrogen and oxygen atoms in total. The van der Waals surface area contributed by atoms with E-state index in [-0.39, 0.29) is 24.7 Å². The summed E-state index contributed by atoms with van der Waals surface area (Å²) in [6, 6.07) is 7.97. The number of aryl methyl sites for hydroxylation is 1. The summed E-state index contributed by atoms with van der Waals surface area (Å²) in [5.41, 5.74) is 2.10. The van der Waals surface area contributed by atoms with Crippen LogP contribution < -0.4 is 10.6 Å². The van der Waals surface area contributed by atoms with E-state index in [0.717, 1.165) is 17.5 Å². The molecule has 0 saturated heterocycles. The molecule has 1 heterocycles. The molecule has 0 atom stereocenters. The van der Waals surface area contributed by atoms with Gasteiger partial charge in [0.05, 0.1) is 0 Å². The molecule has 0 unspecified atom stereocenters. The van der Waals surface area contributed by atoms with E-state index >= 15 is 0 Å². The highest BCUT2D eigenvalue weighted by Gasteiger charge is 2.11. The van der Waals surface area contributed by atoms with Gasteiger partial charge in [0.1, 0.15) is 0 Å². The highest BCUT2D eigenvalue weighted by molar-refractivity contribution is 7.71. The zero-order chi connectivity index (χ0) is 18.9. The third-order valence-electron chi connectivity index (χ3n) is 3.88. The average Bonchev–Trinajstić information content (AvgIpc) is 2.99. The molecule has 26 heavy (non-hydrogen) atoms. The summed E-state index contributed by atoms with van der Waals surface area (Å²) in [6.45, 7) is 5.43. The Kier molecular flexibility index (Phi) is 7.53. The number of nitrogens with zero attached hydrogens (tertiary/aromatic N) is 2. The quantitative estimate of drug-likeness (QED) is 0.587. The van der Waals surface area contributed by atoms with E-state index in [4.69, 9.17) is 12.2 Å². The van der Waals surface area contributed by atoms with E-state index in [1.165, 1.54) is 0 Å². The molecular weight excluding hydrogens is 350 g/mol. The van der Waals surface area contributed by atoms with Crippen LogP contribution in [-0.2, 0) is 16.1 Å². The van der Waals surface area contributed by atoms with Crippen LogP contribution in [0.25, 0.3) is 11.4 Å². The number of carbonyl (C=O) groups is 2. The summed E-state index contributed by atoms with van der Waals surface area (Å²) >= 11 is 5.27. The average molecular weight is 375 g/mol. The van der Waals surface area contributed by atoms with Crippen molar-refractivity contribution in [1.29, 1.82) is 0 Å². The fourth-order valence-corrected chi connectivity index (χ4v) is 2.64. The number of aromatic nitrogens is 3. The minimum Gasteiger partial charge on any atom is -0.356 e. The number of benzene rings is 1. The number of amides is 2. The molecule has 0 radical (unpaired) electrons. The van der Waals surface area contributed by atoms with Crippen LogP contribution in [0.3, 0.4) is 0 Å². The van der Waals surface area contributed by atoms with Gasteiger partial charge in [-0.25, -0.2) is 0 Å². The molecule has 0 bridgehead atoms. The van der Waals surface area contributed by atoms with Crippen LogP contribution in [0.2, 0.25) is 0 Å². The van der Waals surface area contributed by atoms with Gasteiger partial charge in [0, 0.05) is 38.0 Å². The minimum atomic E-state index is -0.119. The van der Waals surface area contributed by atoms with Crippen molar-refractivity contribution in [3.63, 3.8) is 0 Å². The van der Waals surface area contributed by atoms with Gasteiger partial charge < -0.3 is 10.6 Å². The van der Waals surface area contributed by atoms with Crippen molar-refractivity contribution in [2.75, 3.05) is 13.1 Å². The first kappa shape index (κ1) is 19.8. The molecule has 2 amide bonds. The lowest BCUT2D eigenvalue weighted by Gasteiger charge is -2.08. The Bertz CT molecular complexity index is 795. The molecule has 1 aromatic heterocycles. The summed E-state index contributed by atoms with van der Waals surface area (Å²) in [5.74, 6) is 0.541. The standard InChI is InChI=1S/C18H25N5O2S/c1-3-10-19-15(24)8-11-20-16(25)9-12-23-17(21-22-18(23)26)14-6-4-13(2)5-7-14/h4-7H,3,8-12H2,1-2H3,(H,19,24)(H,20,25)(H,22,26). The first-order chi connectivity index (χ1) is 12.5. The molecule has 8 heteroatoms. The molecule has 2 rings (SSSR count). The van der Waals surface area contributed by atoms with Crippen LogP contribution in [0, 0.1) is 11.7 Å². The van der Waals surface area contributed by atoms with E-state index in [0.29, 0.717) is 30.2 Å². The lowest BCUT2D eigenvalue weighted by Crippen LogP contribution is -2.31. The zero-order valence-corrected chi connectivity index (χ0v) is 16.0. The van der Waals surface area contributed by atoms with E-state index < -0.39 is 0 Å². The highest BCUT2D eigenvalue weighted by Crippen LogP contribution is 2.18. The summed E-state index contributed by atoms with van der Waals surface area (Å²) in [7, 11) is 0. The van der Waals surface area contributed by atoms with E-state index in [9.17, 15) is 9.59 Å². The fourth-order valence-electron chi connectivity index (χ4n) is 2.42. The van der Waals surface area contributed by atoms with Crippen LogP contribution >= 0.6 is 12.2 Å². The topological polar surface area (TPSA) is 91.8 Å². The van der Waals surface area contributed by atoms with Crippen molar-refractivity contribution in [3.8, 4) is 11.4 Å². The lowest BCUT2D eigenvalue weighted by molar-refractivity contribution is -0.122. The van der Waals surface area contributed by atoms with Crippen molar-refractivity contribution >= 4 is 24.0 Å². The van der Waals surface area contributed by atoms with Gasteiger partial charge in [-0.2, -0.15) is 5.10 Å². The number of nitrogens with one attached hydrogen (secondary N) is 3. The largest absolute Gasteiger partial charge is 0.356 e. The summed E-state index contributed by atoms with van der Waals surface area (Å²) in [5, 5.41) is 12.6. The Hall–Kier alpha value is -2.48. The van der Waals surface area contributed by atoms with Crippen molar-refractivity contribution in [3.05, 3.63) is 34.6 Å². The number of H-pyrrole nitrogens is 1. The van der Waals surface area contributed by atoms with Crippen molar-refractivity contribution < 1.29 is 9.59 Å². The Balaban J connectivity index is 1.87. The molecule has 0 spiro atoms. The third kappa shape index (κ3) is 5.80. The Morgan fingerprint density at radius 2 is 1.77 bits per heavy atom. The third-order valence-corrected chi connectivity index (χ3v) is 4.19. The van der Waals surface area contributed by atoms with Crippen LogP contribution in [-0.4, -0.2) is 39.7 Å². The Morgan fingerprint density at radius 1 is 1.12 bits per heavy atom. The van der Waals surface area contributed by atoms with Gasteiger partial charge in [0.15, 0.2) is 10.6 Å². The van der Waals surface area contributed by atoms with Crippen LogP contribution in [0.1, 0.15) is 31.7 Å². The minimum absolute atomic E-state index is 0.0501. The van der Waals surface area contributed by atoms with Crippen LogP contribution in [0.15, 0.2) is 24.3 Å². The molecule has 0 fully saturated rings. The van der Waals surface area contributed by atoms with Crippen molar-refractivity contribution in [2.45, 2.75) is 39.7 Å². The number of hydrogen-bond donors (Lipinski definition) is 3. The predicted octanol–water partition coefficient (Wildman–Crippen LogP) is 2.34. The summed E-state index contributed by atoms with van der Waals surface area (Å²) < 4.78 is 2.29. The SMILES string of the molecule is CCCNC(=O)CCNC(=O)CCn1c(-c2ccc(C)cc2)n[nH]c1=S. The second kappa shape index (κ2) is 9.86. The van der Waals surface area contributed by atoms with Crippen LogP contribution in [0.5, 0.6) is 0 Å². The molecule has 1 aromatic carbocycles. The molecule has 0 aliphatic heterocycles. The van der Waals surface area contributed by atoms with Gasteiger partial charge in [-0.3, -0.25) is 19.3 Å². The molecular formula is C18H25N5O2S. The van der Waals surface area contributed by atoms with E-state index in [1.807, 2.05) is 42.7 Å². The van der Waals surface area contributed by atoms with Gasteiger partial charge in [0.2, 0.25) is 11.8 Å². The second-order valence-corrected chi connectivity index (χ2v) is 6.46. The van der Waals surface area contributed by atoms with Gasteiger partial charge in [-0.15, -0.1) is 0 Å². The number of rotatable bonds is 9. The summed E-state index contributed by atoms with van der Waals surface area (Å²) in [4.78, 5) is 23.5. The number of carbonyl (C=O) groups excluding carboxylic acids is 2. The van der Waals surface area contributed by atoms with Gasteiger partial charge in [-0.1, -0.05) is 36.8 Å². The van der Waals surface area contributed by atoms with Gasteiger partial charge in [-0.05, 0) is 25.6 Å². The predicted molar refractivity (Wildman–Crippen MR) is 103 cm³/mol. The highest BCUT2D eigenvalue weighted by atomic mass is 32.1. The monoisotopic (exact) mass is 375 g/mol. The smallest absolute Gasteiger partial charge is 0.221 e. The Labute approximate surface area is 158 Å². The van der Waals surface area contributed by atoms with Crippen molar-refractivity contribution in [2.24, 2.45) is 0 Å². The van der Waals surface area contributed by atoms with Crippen LogP contribution in [0.4, 0.5) is 0 Å². The molecule has 0 aliphatic rings. The summed E-state index contributed by atoms with van der Waals surface area (Å²) in [6.07, 6.45) is 1.45. The second-order valence-electron chi connectivity index (χ2n) is 6.07. The lowest BCUT2D eigenvalue weighted by atomic mass is 10.1. The van der Waals surface area contributed by atoms with Crippen molar-refractivity contribution in [1.82, 2.24) is 25.4 Å². The first-order valence-electron chi connectivity index (χ1n) is 8.77. The normalized spacial score (nSPS) is 10.5.